The van der Waals surface area contributed by atoms with Gasteiger partial charge >= 0.3 is 0 Å². The van der Waals surface area contributed by atoms with E-state index in [9.17, 15) is 4.79 Å². The van der Waals surface area contributed by atoms with Gasteiger partial charge in [0, 0.05) is 25.1 Å². The largest absolute Gasteiger partial charge is 0.493 e. The van der Waals surface area contributed by atoms with E-state index in [4.69, 9.17) is 4.74 Å². The van der Waals surface area contributed by atoms with Gasteiger partial charge in [-0.15, -0.1) is 0 Å². The lowest BCUT2D eigenvalue weighted by atomic mass is 9.95. The van der Waals surface area contributed by atoms with Gasteiger partial charge in [0.05, 0.1) is 25.0 Å². The second kappa shape index (κ2) is 10.3. The van der Waals surface area contributed by atoms with Crippen molar-refractivity contribution in [3.05, 3.63) is 102 Å². The summed E-state index contributed by atoms with van der Waals surface area (Å²) >= 11 is 0. The van der Waals surface area contributed by atoms with E-state index in [0.29, 0.717) is 36.8 Å². The van der Waals surface area contributed by atoms with E-state index >= 15 is 0 Å². The zero-order valence-corrected chi connectivity index (χ0v) is 19.0. The lowest BCUT2D eigenvalue weighted by Crippen LogP contribution is -2.30. The number of benzene rings is 1. The summed E-state index contributed by atoms with van der Waals surface area (Å²) in [6, 6.07) is 15.5. The Bertz CT molecular complexity index is 1280. The van der Waals surface area contributed by atoms with Crippen LogP contribution in [0.15, 0.2) is 85.5 Å². The third-order valence-electron chi connectivity index (χ3n) is 6.01. The molecule has 1 aliphatic rings. The van der Waals surface area contributed by atoms with Gasteiger partial charge in [0.2, 0.25) is 0 Å². The van der Waals surface area contributed by atoms with Gasteiger partial charge in [-0.05, 0) is 61.1 Å². The van der Waals surface area contributed by atoms with Gasteiger partial charge in [-0.3, -0.25) is 9.78 Å². The first-order chi connectivity index (χ1) is 16.8. The highest BCUT2D eigenvalue weighted by Gasteiger charge is 2.22. The normalized spacial score (nSPS) is 15.4. The highest BCUT2D eigenvalue weighted by atomic mass is 16.5. The van der Waals surface area contributed by atoms with Crippen molar-refractivity contribution in [1.82, 2.24) is 24.5 Å². The maximum absolute atomic E-state index is 13.6. The number of fused-ring (bicyclic) bond motifs is 1. The molecule has 0 aliphatic heterocycles. The van der Waals surface area contributed by atoms with E-state index < -0.39 is 0 Å². The molecule has 0 saturated carbocycles. The van der Waals surface area contributed by atoms with Crippen molar-refractivity contribution in [1.29, 1.82) is 0 Å². The fourth-order valence-corrected chi connectivity index (χ4v) is 4.21. The monoisotopic (exact) mass is 453 g/mol. The van der Waals surface area contributed by atoms with E-state index in [1.54, 1.807) is 40.3 Å². The first-order valence-electron chi connectivity index (χ1n) is 11.6. The van der Waals surface area contributed by atoms with Crippen LogP contribution >= 0.6 is 0 Å². The first-order valence-corrected chi connectivity index (χ1v) is 11.6. The van der Waals surface area contributed by atoms with Crippen molar-refractivity contribution < 1.29 is 9.53 Å². The van der Waals surface area contributed by atoms with Crippen LogP contribution in [0.3, 0.4) is 0 Å². The van der Waals surface area contributed by atoms with Crippen LogP contribution in [0.5, 0.6) is 5.75 Å². The molecule has 34 heavy (non-hydrogen) atoms. The Morgan fingerprint density at radius 1 is 1.06 bits per heavy atom. The highest BCUT2D eigenvalue weighted by molar-refractivity contribution is 5.99. The Hall–Kier alpha value is -4.00. The minimum absolute atomic E-state index is 0.139. The van der Waals surface area contributed by atoms with Gasteiger partial charge in [-0.25, -0.2) is 9.50 Å². The summed E-state index contributed by atoms with van der Waals surface area (Å²) < 4.78 is 7.72. The number of hydrogen-bond donors (Lipinski definition) is 0. The van der Waals surface area contributed by atoms with Crippen LogP contribution in [0.1, 0.15) is 40.9 Å². The van der Waals surface area contributed by atoms with Crippen molar-refractivity contribution in [3.63, 3.8) is 0 Å². The van der Waals surface area contributed by atoms with Crippen LogP contribution in [0.4, 0.5) is 0 Å². The molecule has 0 radical (unpaired) electrons. The topological polar surface area (TPSA) is 72.6 Å². The number of nitrogens with zero attached hydrogens (tertiary/aromatic N) is 5. The Morgan fingerprint density at radius 3 is 2.85 bits per heavy atom. The van der Waals surface area contributed by atoms with Gasteiger partial charge < -0.3 is 9.64 Å². The average molecular weight is 454 g/mol. The van der Waals surface area contributed by atoms with Crippen LogP contribution in [0.25, 0.3) is 5.65 Å². The maximum Gasteiger partial charge on any atom is 0.259 e. The number of aromatic nitrogens is 4. The lowest BCUT2D eigenvalue weighted by Gasteiger charge is -2.23. The number of carbonyl (C=O) groups is 1. The molecule has 7 nitrogen and oxygen atoms in total. The number of hydrogen-bond acceptors (Lipinski definition) is 5. The van der Waals surface area contributed by atoms with Crippen molar-refractivity contribution in [3.8, 4) is 5.75 Å². The highest BCUT2D eigenvalue weighted by Crippen LogP contribution is 2.22. The third kappa shape index (κ3) is 5.14. The van der Waals surface area contributed by atoms with Gasteiger partial charge in [0.15, 0.2) is 5.65 Å². The average Bonchev–Trinajstić information content (AvgIpc) is 3.32. The summed E-state index contributed by atoms with van der Waals surface area (Å²) in [6.45, 7) is 1.50. The number of ether oxygens (including phenoxy) is 1. The summed E-state index contributed by atoms with van der Waals surface area (Å²) in [6.07, 6.45) is 14.6. The quantitative estimate of drug-likeness (QED) is 0.362. The predicted octanol–water partition coefficient (Wildman–Crippen LogP) is 4.70. The number of pyridine rings is 1. The van der Waals surface area contributed by atoms with Crippen LogP contribution in [-0.4, -0.2) is 37.0 Å². The molecule has 0 N–H and O–H groups in total. The number of carbonyl (C=O) groups excluding carboxylic acids is 1. The third-order valence-corrected chi connectivity index (χ3v) is 6.01. The zero-order chi connectivity index (χ0) is 23.2. The first kappa shape index (κ1) is 21.8. The molecule has 172 valence electrons. The second-order valence-corrected chi connectivity index (χ2v) is 8.54. The minimum atomic E-state index is -0.139. The molecule has 0 spiro atoms. The van der Waals surface area contributed by atoms with Crippen LogP contribution < -0.4 is 4.74 Å². The lowest BCUT2D eigenvalue weighted by molar-refractivity contribution is 0.0729. The van der Waals surface area contributed by atoms with Gasteiger partial charge in [-0.1, -0.05) is 30.4 Å². The zero-order valence-electron chi connectivity index (χ0n) is 19.0. The van der Waals surface area contributed by atoms with Crippen molar-refractivity contribution in [2.24, 2.45) is 5.92 Å². The Labute approximate surface area is 198 Å². The number of amides is 1. The van der Waals surface area contributed by atoms with E-state index in [1.165, 1.54) is 0 Å². The maximum atomic E-state index is 13.6. The second-order valence-electron chi connectivity index (χ2n) is 8.54. The minimum Gasteiger partial charge on any atom is -0.493 e. The van der Waals surface area contributed by atoms with Crippen LogP contribution in [-0.2, 0) is 13.1 Å². The van der Waals surface area contributed by atoms with Gasteiger partial charge in [0.25, 0.3) is 5.91 Å². The van der Waals surface area contributed by atoms with Crippen LogP contribution in [0.2, 0.25) is 0 Å². The molecule has 1 aliphatic carbocycles. The molecular weight excluding hydrogens is 426 g/mol. The van der Waals surface area contributed by atoms with Crippen molar-refractivity contribution in [2.75, 3.05) is 6.61 Å². The molecule has 3 aromatic heterocycles. The molecule has 0 saturated heterocycles. The van der Waals surface area contributed by atoms with Crippen molar-refractivity contribution >= 4 is 11.6 Å². The summed E-state index contributed by atoms with van der Waals surface area (Å²) in [4.78, 5) is 24.2. The molecule has 1 aromatic carbocycles. The van der Waals surface area contributed by atoms with Crippen LogP contribution in [0, 0.1) is 5.92 Å². The SMILES string of the molecule is O=C(c1cnn2cccnc12)N(Cc1cccc(OCC2CC=CCC2)c1)Cc1ccccn1. The summed E-state index contributed by atoms with van der Waals surface area (Å²) in [7, 11) is 0. The van der Waals surface area contributed by atoms with Gasteiger partial charge in [-0.2, -0.15) is 5.10 Å². The fraction of sp³-hybridized carbons (Fsp3) is 0.259. The van der Waals surface area contributed by atoms with Gasteiger partial charge in [0.1, 0.15) is 11.3 Å². The molecule has 1 amide bonds. The molecule has 0 fully saturated rings. The Balaban J connectivity index is 1.36. The molecular formula is C27H27N5O2. The molecule has 1 unspecified atom stereocenters. The molecule has 5 rings (SSSR count). The molecule has 0 bridgehead atoms. The Morgan fingerprint density at radius 2 is 2.00 bits per heavy atom. The molecule has 1 atom stereocenters. The fourth-order valence-electron chi connectivity index (χ4n) is 4.21. The predicted molar refractivity (Wildman–Crippen MR) is 129 cm³/mol. The van der Waals surface area contributed by atoms with Crippen molar-refractivity contribution in [2.45, 2.75) is 32.4 Å². The standard InChI is InChI=1S/C27H27N5O2/c33-27(25-17-30-32-15-7-14-29-26(25)32)31(19-23-11-4-5-13-28-23)18-22-10-6-12-24(16-22)34-20-21-8-2-1-3-9-21/h1-2,4-7,10-17,21H,3,8-9,18-20H2. The number of allylic oxidation sites excluding steroid dienone is 2. The molecule has 7 heteroatoms. The summed E-state index contributed by atoms with van der Waals surface area (Å²) in [5, 5.41) is 4.29. The smallest absolute Gasteiger partial charge is 0.259 e. The number of rotatable bonds is 8. The Kier molecular flexibility index (Phi) is 6.61. The molecule has 4 aromatic rings. The van der Waals surface area contributed by atoms with E-state index in [2.05, 4.69) is 27.2 Å². The van der Waals surface area contributed by atoms with E-state index in [-0.39, 0.29) is 5.91 Å². The molecule has 3 heterocycles. The van der Waals surface area contributed by atoms with E-state index in [1.807, 2.05) is 42.5 Å². The summed E-state index contributed by atoms with van der Waals surface area (Å²) in [5.74, 6) is 1.24. The summed E-state index contributed by atoms with van der Waals surface area (Å²) in [5.41, 5.74) is 2.82. The van der Waals surface area contributed by atoms with E-state index in [0.717, 1.165) is 36.3 Å².